The van der Waals surface area contributed by atoms with Crippen LogP contribution in [0, 0.1) is 5.41 Å². The Morgan fingerprint density at radius 1 is 1.44 bits per heavy atom. The molecule has 2 atom stereocenters. The lowest BCUT2D eigenvalue weighted by molar-refractivity contribution is 0.0271. The lowest BCUT2D eigenvalue weighted by Crippen LogP contribution is -2.46. The largest absolute Gasteiger partial charge is 0.382 e. The topological polar surface area (TPSA) is 42.5 Å². The zero-order chi connectivity index (χ0) is 11.9. The molecular formula is C12H26N2O2. The van der Waals surface area contributed by atoms with Crippen molar-refractivity contribution in [1.29, 1.82) is 0 Å². The Labute approximate surface area is 99.1 Å². The number of methoxy groups -OCH3 is 2. The van der Waals surface area contributed by atoms with Gasteiger partial charge in [0.1, 0.15) is 0 Å². The first-order chi connectivity index (χ1) is 7.70. The molecule has 16 heavy (non-hydrogen) atoms. The molecule has 4 nitrogen and oxygen atoms in total. The van der Waals surface area contributed by atoms with Crippen molar-refractivity contribution in [2.45, 2.75) is 25.9 Å². The highest BCUT2D eigenvalue weighted by atomic mass is 16.5. The summed E-state index contributed by atoms with van der Waals surface area (Å²) < 4.78 is 10.4. The maximum Gasteiger partial charge on any atom is 0.0928 e. The number of piperidine rings is 1. The van der Waals surface area contributed by atoms with Crippen molar-refractivity contribution in [3.05, 3.63) is 0 Å². The van der Waals surface area contributed by atoms with Gasteiger partial charge in [-0.2, -0.15) is 0 Å². The van der Waals surface area contributed by atoms with Gasteiger partial charge in [0.25, 0.3) is 0 Å². The fraction of sp³-hybridized carbons (Fsp3) is 1.00. The summed E-state index contributed by atoms with van der Waals surface area (Å²) in [5, 5.41) is 6.94. The van der Waals surface area contributed by atoms with Crippen LogP contribution in [-0.2, 0) is 9.47 Å². The van der Waals surface area contributed by atoms with Crippen LogP contribution in [0.1, 0.15) is 19.8 Å². The maximum absolute atomic E-state index is 5.31. The molecule has 1 rings (SSSR count). The van der Waals surface area contributed by atoms with Gasteiger partial charge in [0, 0.05) is 33.9 Å². The minimum atomic E-state index is 0.158. The molecule has 0 aromatic rings. The summed E-state index contributed by atoms with van der Waals surface area (Å²) in [5.74, 6) is 0. The molecular weight excluding hydrogens is 204 g/mol. The summed E-state index contributed by atoms with van der Waals surface area (Å²) in [6.45, 7) is 7.17. The zero-order valence-electron chi connectivity index (χ0n) is 10.8. The first-order valence-corrected chi connectivity index (χ1v) is 6.13. The van der Waals surface area contributed by atoms with Crippen molar-refractivity contribution in [3.8, 4) is 0 Å². The maximum atomic E-state index is 5.31. The van der Waals surface area contributed by atoms with Gasteiger partial charge in [-0.25, -0.2) is 0 Å². The third-order valence-corrected chi connectivity index (χ3v) is 3.30. The Hall–Kier alpha value is -0.160. The minimum Gasteiger partial charge on any atom is -0.382 e. The van der Waals surface area contributed by atoms with Gasteiger partial charge in [-0.1, -0.05) is 6.92 Å². The van der Waals surface area contributed by atoms with Crippen molar-refractivity contribution >= 4 is 0 Å². The van der Waals surface area contributed by atoms with Crippen LogP contribution in [0.2, 0.25) is 0 Å². The molecule has 1 saturated heterocycles. The van der Waals surface area contributed by atoms with Gasteiger partial charge >= 0.3 is 0 Å². The summed E-state index contributed by atoms with van der Waals surface area (Å²) >= 11 is 0. The second-order valence-corrected chi connectivity index (χ2v) is 5.03. The van der Waals surface area contributed by atoms with Crippen molar-refractivity contribution < 1.29 is 9.47 Å². The zero-order valence-corrected chi connectivity index (χ0v) is 10.8. The summed E-state index contributed by atoms with van der Waals surface area (Å²) in [4.78, 5) is 0. The number of hydrogen-bond acceptors (Lipinski definition) is 4. The third kappa shape index (κ3) is 4.78. The smallest absolute Gasteiger partial charge is 0.0928 e. The standard InChI is InChI=1S/C12H26N2O2/c1-12(5-4-6-13-9-12)10-14-7-11(16-3)8-15-2/h11,13-14H,4-10H2,1-3H3. The third-order valence-electron chi connectivity index (χ3n) is 3.30. The quantitative estimate of drug-likeness (QED) is 0.673. The second kappa shape index (κ2) is 7.22. The Morgan fingerprint density at radius 2 is 2.25 bits per heavy atom. The molecule has 0 radical (unpaired) electrons. The molecule has 1 aliphatic heterocycles. The van der Waals surface area contributed by atoms with Crippen LogP contribution in [-0.4, -0.2) is 53.1 Å². The molecule has 0 aliphatic carbocycles. The van der Waals surface area contributed by atoms with Crippen LogP contribution in [0.3, 0.4) is 0 Å². The van der Waals surface area contributed by atoms with Crippen LogP contribution >= 0.6 is 0 Å². The van der Waals surface area contributed by atoms with E-state index in [0.29, 0.717) is 12.0 Å². The molecule has 2 N–H and O–H groups in total. The minimum absolute atomic E-state index is 0.158. The highest BCUT2D eigenvalue weighted by Gasteiger charge is 2.26. The van der Waals surface area contributed by atoms with Crippen LogP contribution in [0.4, 0.5) is 0 Å². The monoisotopic (exact) mass is 230 g/mol. The Morgan fingerprint density at radius 3 is 2.81 bits per heavy atom. The lowest BCUT2D eigenvalue weighted by atomic mass is 9.83. The van der Waals surface area contributed by atoms with E-state index in [-0.39, 0.29) is 6.10 Å². The van der Waals surface area contributed by atoms with E-state index in [4.69, 9.17) is 9.47 Å². The van der Waals surface area contributed by atoms with E-state index in [0.717, 1.165) is 19.6 Å². The fourth-order valence-electron chi connectivity index (χ4n) is 2.20. The van der Waals surface area contributed by atoms with Crippen LogP contribution in [0.15, 0.2) is 0 Å². The molecule has 1 aliphatic rings. The van der Waals surface area contributed by atoms with Crippen LogP contribution in [0.25, 0.3) is 0 Å². The summed E-state index contributed by atoms with van der Waals surface area (Å²) in [6.07, 6.45) is 2.74. The molecule has 0 amide bonds. The number of rotatable bonds is 7. The Kier molecular flexibility index (Phi) is 6.28. The summed E-state index contributed by atoms with van der Waals surface area (Å²) in [5.41, 5.74) is 0.392. The summed E-state index contributed by atoms with van der Waals surface area (Å²) in [7, 11) is 3.44. The van der Waals surface area contributed by atoms with Gasteiger partial charge in [-0.05, 0) is 24.8 Å². The number of ether oxygens (including phenoxy) is 2. The predicted octanol–water partition coefficient (Wildman–Crippen LogP) is 0.627. The van der Waals surface area contributed by atoms with Crippen molar-refractivity contribution in [1.82, 2.24) is 10.6 Å². The normalized spacial score (nSPS) is 27.9. The van der Waals surface area contributed by atoms with Gasteiger partial charge < -0.3 is 20.1 Å². The van der Waals surface area contributed by atoms with Crippen molar-refractivity contribution in [2.75, 3.05) is 47.0 Å². The Balaban J connectivity index is 2.17. The van der Waals surface area contributed by atoms with E-state index in [1.165, 1.54) is 19.4 Å². The number of nitrogens with one attached hydrogen (secondary N) is 2. The molecule has 1 heterocycles. The van der Waals surface area contributed by atoms with E-state index < -0.39 is 0 Å². The van der Waals surface area contributed by atoms with Gasteiger partial charge in [0.15, 0.2) is 0 Å². The average molecular weight is 230 g/mol. The number of hydrogen-bond donors (Lipinski definition) is 2. The second-order valence-electron chi connectivity index (χ2n) is 5.03. The van der Waals surface area contributed by atoms with E-state index in [2.05, 4.69) is 17.6 Å². The molecule has 1 fully saturated rings. The summed E-state index contributed by atoms with van der Waals surface area (Å²) in [6, 6.07) is 0. The molecule has 96 valence electrons. The van der Waals surface area contributed by atoms with E-state index in [1.807, 2.05) is 0 Å². The van der Waals surface area contributed by atoms with Gasteiger partial charge in [-0.15, -0.1) is 0 Å². The molecule has 0 saturated carbocycles. The molecule has 4 heteroatoms. The molecule has 0 bridgehead atoms. The molecule has 0 aromatic heterocycles. The highest BCUT2D eigenvalue weighted by Crippen LogP contribution is 2.23. The van der Waals surface area contributed by atoms with Crippen molar-refractivity contribution in [3.63, 3.8) is 0 Å². The first kappa shape index (κ1) is 13.9. The SMILES string of the molecule is COCC(CNCC1(C)CCCNC1)OC. The van der Waals surface area contributed by atoms with Crippen LogP contribution < -0.4 is 10.6 Å². The van der Waals surface area contributed by atoms with E-state index >= 15 is 0 Å². The van der Waals surface area contributed by atoms with Crippen molar-refractivity contribution in [2.24, 2.45) is 5.41 Å². The first-order valence-electron chi connectivity index (χ1n) is 6.13. The highest BCUT2D eigenvalue weighted by molar-refractivity contribution is 4.83. The van der Waals surface area contributed by atoms with Gasteiger partial charge in [-0.3, -0.25) is 0 Å². The molecule has 0 aromatic carbocycles. The van der Waals surface area contributed by atoms with Crippen LogP contribution in [0.5, 0.6) is 0 Å². The molecule has 2 unspecified atom stereocenters. The Bertz CT molecular complexity index is 182. The lowest BCUT2D eigenvalue weighted by Gasteiger charge is -2.34. The fourth-order valence-corrected chi connectivity index (χ4v) is 2.20. The van der Waals surface area contributed by atoms with E-state index in [9.17, 15) is 0 Å². The molecule has 0 spiro atoms. The van der Waals surface area contributed by atoms with Gasteiger partial charge in [0.05, 0.1) is 12.7 Å². The average Bonchev–Trinajstić information content (AvgIpc) is 2.29. The van der Waals surface area contributed by atoms with E-state index in [1.54, 1.807) is 14.2 Å². The van der Waals surface area contributed by atoms with Gasteiger partial charge in [0.2, 0.25) is 0 Å². The predicted molar refractivity (Wildman–Crippen MR) is 65.8 cm³/mol.